The van der Waals surface area contributed by atoms with Gasteiger partial charge in [0, 0.05) is 17.1 Å². The number of rotatable bonds is 4. The number of hydrogen-bond acceptors (Lipinski definition) is 3. The summed E-state index contributed by atoms with van der Waals surface area (Å²) in [4.78, 5) is 11.2. The van der Waals surface area contributed by atoms with Crippen molar-refractivity contribution >= 4 is 25.5 Å². The highest BCUT2D eigenvalue weighted by atomic mass is 35.7. The first-order chi connectivity index (χ1) is 6.87. The van der Waals surface area contributed by atoms with E-state index in [1.807, 2.05) is 19.1 Å². The van der Waals surface area contributed by atoms with Crippen LogP contribution in [-0.4, -0.2) is 20.0 Å². The molecule has 0 heterocycles. The average molecular weight is 247 g/mol. The molecule has 0 N–H and O–H groups in total. The van der Waals surface area contributed by atoms with Crippen molar-refractivity contribution in [2.45, 2.75) is 13.3 Å². The van der Waals surface area contributed by atoms with Gasteiger partial charge in [-0.2, -0.15) is 0 Å². The van der Waals surface area contributed by atoms with Gasteiger partial charge < -0.3 is 0 Å². The number of benzene rings is 1. The van der Waals surface area contributed by atoms with Crippen LogP contribution in [0, 0.1) is 6.92 Å². The minimum atomic E-state index is -3.73. The van der Waals surface area contributed by atoms with Crippen molar-refractivity contribution in [3.05, 3.63) is 35.4 Å². The van der Waals surface area contributed by atoms with E-state index in [2.05, 4.69) is 0 Å². The molecular weight excluding hydrogens is 236 g/mol. The van der Waals surface area contributed by atoms with Gasteiger partial charge in [-0.3, -0.25) is 4.79 Å². The molecule has 0 spiro atoms. The van der Waals surface area contributed by atoms with Crippen LogP contribution in [0.3, 0.4) is 0 Å². The third-order valence-electron chi connectivity index (χ3n) is 1.86. The molecule has 0 aliphatic carbocycles. The highest BCUT2D eigenvalue weighted by Gasteiger charge is 2.13. The lowest BCUT2D eigenvalue weighted by Crippen LogP contribution is -2.13. The maximum atomic E-state index is 11.2. The minimum absolute atomic E-state index is 0.103. The lowest BCUT2D eigenvalue weighted by Gasteiger charge is -2.00. The van der Waals surface area contributed by atoms with E-state index < -0.39 is 20.6 Å². The van der Waals surface area contributed by atoms with E-state index in [0.29, 0.717) is 0 Å². The van der Waals surface area contributed by atoms with Gasteiger partial charge in [0.2, 0.25) is 9.05 Å². The minimum Gasteiger partial charge on any atom is -0.298 e. The van der Waals surface area contributed by atoms with E-state index in [0.717, 1.165) is 11.1 Å². The fourth-order valence-electron chi connectivity index (χ4n) is 1.18. The molecule has 82 valence electrons. The number of Topliss-reactive ketones (excluding diaryl/α,β-unsaturated/α-hetero) is 1. The van der Waals surface area contributed by atoms with Crippen LogP contribution < -0.4 is 0 Å². The van der Waals surface area contributed by atoms with Gasteiger partial charge >= 0.3 is 0 Å². The summed E-state index contributed by atoms with van der Waals surface area (Å²) in [5.74, 6) is -1.00. The molecule has 1 aromatic rings. The highest BCUT2D eigenvalue weighted by molar-refractivity contribution is 8.14. The van der Waals surface area contributed by atoms with Crippen molar-refractivity contribution in [3.63, 3.8) is 0 Å². The van der Waals surface area contributed by atoms with Crippen LogP contribution in [-0.2, 0) is 20.3 Å². The molecule has 0 amide bonds. The monoisotopic (exact) mass is 246 g/mol. The Balaban J connectivity index is 2.63. The molecule has 0 aliphatic heterocycles. The smallest absolute Gasteiger partial charge is 0.239 e. The van der Waals surface area contributed by atoms with E-state index in [1.165, 1.54) is 0 Å². The predicted molar refractivity (Wildman–Crippen MR) is 59.5 cm³/mol. The largest absolute Gasteiger partial charge is 0.298 e. The van der Waals surface area contributed by atoms with Gasteiger partial charge in [-0.05, 0) is 12.5 Å². The molecule has 0 atom stereocenters. The van der Waals surface area contributed by atoms with Gasteiger partial charge in [0.05, 0.1) is 0 Å². The molecule has 0 saturated heterocycles. The van der Waals surface area contributed by atoms with Crippen molar-refractivity contribution in [1.82, 2.24) is 0 Å². The summed E-state index contributed by atoms with van der Waals surface area (Å²) in [6.07, 6.45) is 0.103. The van der Waals surface area contributed by atoms with Crippen molar-refractivity contribution in [3.8, 4) is 0 Å². The third kappa shape index (κ3) is 4.95. The zero-order chi connectivity index (χ0) is 11.5. The van der Waals surface area contributed by atoms with Gasteiger partial charge in [0.25, 0.3) is 0 Å². The number of hydrogen-bond donors (Lipinski definition) is 0. The normalized spacial score (nSPS) is 11.3. The van der Waals surface area contributed by atoms with Crippen LogP contribution in [0.25, 0.3) is 0 Å². The van der Waals surface area contributed by atoms with E-state index >= 15 is 0 Å². The molecule has 15 heavy (non-hydrogen) atoms. The second kappa shape index (κ2) is 4.77. The maximum absolute atomic E-state index is 11.2. The fourth-order valence-corrected chi connectivity index (χ4v) is 2.03. The first-order valence-electron chi connectivity index (χ1n) is 4.36. The van der Waals surface area contributed by atoms with Gasteiger partial charge in [0.15, 0.2) is 5.78 Å². The van der Waals surface area contributed by atoms with Crippen LogP contribution >= 0.6 is 10.7 Å². The molecule has 0 saturated carbocycles. The molecule has 0 aliphatic rings. The number of carbonyl (C=O) groups is 1. The Hall–Kier alpha value is -0.870. The van der Waals surface area contributed by atoms with Crippen LogP contribution in [0.1, 0.15) is 11.1 Å². The Bertz CT molecular complexity index is 448. The average Bonchev–Trinajstić information content (AvgIpc) is 2.05. The van der Waals surface area contributed by atoms with Crippen LogP contribution in [0.15, 0.2) is 24.3 Å². The lowest BCUT2D eigenvalue weighted by atomic mass is 10.1. The van der Waals surface area contributed by atoms with Crippen LogP contribution in [0.2, 0.25) is 0 Å². The number of halogens is 1. The molecule has 5 heteroatoms. The van der Waals surface area contributed by atoms with Crippen LogP contribution in [0.4, 0.5) is 0 Å². The Labute approximate surface area is 93.5 Å². The molecule has 1 aromatic carbocycles. The number of carbonyl (C=O) groups excluding carboxylic acids is 1. The number of ketones is 1. The summed E-state index contributed by atoms with van der Waals surface area (Å²) in [7, 11) is 1.24. The van der Waals surface area contributed by atoms with Gasteiger partial charge in [-0.1, -0.05) is 29.8 Å². The quantitative estimate of drug-likeness (QED) is 0.760. The first-order valence-corrected chi connectivity index (χ1v) is 6.84. The maximum Gasteiger partial charge on any atom is 0.239 e. The third-order valence-corrected chi connectivity index (χ3v) is 2.85. The predicted octanol–water partition coefficient (Wildman–Crippen LogP) is 1.68. The Morgan fingerprint density at radius 1 is 1.27 bits per heavy atom. The first kappa shape index (κ1) is 12.2. The molecular formula is C10H11ClO3S. The summed E-state index contributed by atoms with van der Waals surface area (Å²) in [5, 5.41) is 0. The molecule has 0 radical (unpaired) electrons. The zero-order valence-corrected chi connectivity index (χ0v) is 9.81. The number of aryl methyl sites for hydroxylation is 1. The van der Waals surface area contributed by atoms with Gasteiger partial charge in [-0.25, -0.2) is 8.42 Å². The molecule has 3 nitrogen and oxygen atoms in total. The second-order valence-electron chi connectivity index (χ2n) is 3.38. The molecule has 1 rings (SSSR count). The lowest BCUT2D eigenvalue weighted by molar-refractivity contribution is -0.116. The van der Waals surface area contributed by atoms with E-state index in [1.54, 1.807) is 12.1 Å². The molecule has 0 fully saturated rings. The highest BCUT2D eigenvalue weighted by Crippen LogP contribution is 2.06. The summed E-state index contributed by atoms with van der Waals surface area (Å²) in [5.41, 5.74) is 1.89. The SMILES string of the molecule is Cc1ccc(CC(=O)CS(=O)(=O)Cl)cc1. The summed E-state index contributed by atoms with van der Waals surface area (Å²) >= 11 is 0. The fraction of sp³-hybridized carbons (Fsp3) is 0.300. The van der Waals surface area contributed by atoms with Crippen molar-refractivity contribution in [2.24, 2.45) is 0 Å². The van der Waals surface area contributed by atoms with E-state index in [4.69, 9.17) is 10.7 Å². The van der Waals surface area contributed by atoms with E-state index in [9.17, 15) is 13.2 Å². The molecule has 0 bridgehead atoms. The topological polar surface area (TPSA) is 51.2 Å². The van der Waals surface area contributed by atoms with Crippen LogP contribution in [0.5, 0.6) is 0 Å². The molecule has 0 aromatic heterocycles. The van der Waals surface area contributed by atoms with Gasteiger partial charge in [0.1, 0.15) is 5.75 Å². The van der Waals surface area contributed by atoms with Crippen molar-refractivity contribution in [2.75, 3.05) is 5.75 Å². The van der Waals surface area contributed by atoms with Crippen molar-refractivity contribution < 1.29 is 13.2 Å². The Kier molecular flexibility index (Phi) is 3.88. The second-order valence-corrected chi connectivity index (χ2v) is 6.16. The standard InChI is InChI=1S/C10H11ClO3S/c1-8-2-4-9(5-3-8)6-10(12)7-15(11,13)14/h2-5H,6-7H2,1H3. The Morgan fingerprint density at radius 3 is 2.27 bits per heavy atom. The zero-order valence-electron chi connectivity index (χ0n) is 8.23. The van der Waals surface area contributed by atoms with E-state index in [-0.39, 0.29) is 6.42 Å². The summed E-state index contributed by atoms with van der Waals surface area (Å²) < 4.78 is 21.3. The van der Waals surface area contributed by atoms with Gasteiger partial charge in [-0.15, -0.1) is 0 Å². The molecule has 0 unspecified atom stereocenters. The van der Waals surface area contributed by atoms with Crippen molar-refractivity contribution in [1.29, 1.82) is 0 Å². The summed E-state index contributed by atoms with van der Waals surface area (Å²) in [6.45, 7) is 1.94. The Morgan fingerprint density at radius 2 is 1.80 bits per heavy atom. The summed E-state index contributed by atoms with van der Waals surface area (Å²) in [6, 6.07) is 7.35.